The molecule has 0 aliphatic heterocycles. The zero-order valence-corrected chi connectivity index (χ0v) is 9.89. The fraction of sp³-hybridized carbons (Fsp3) is 0.154. The van der Waals surface area contributed by atoms with Crippen LogP contribution in [0.4, 0.5) is 4.39 Å². The zero-order chi connectivity index (χ0) is 13.8. The van der Waals surface area contributed by atoms with Crippen molar-refractivity contribution in [3.05, 3.63) is 52.2 Å². The van der Waals surface area contributed by atoms with Crippen molar-refractivity contribution in [3.63, 3.8) is 0 Å². The molecule has 0 atom stereocenters. The van der Waals surface area contributed by atoms with Crippen LogP contribution in [-0.4, -0.2) is 21.0 Å². The third kappa shape index (κ3) is 3.04. The number of carboxylic acids is 1. The number of H-pyrrole nitrogens is 1. The summed E-state index contributed by atoms with van der Waals surface area (Å²) in [4.78, 5) is 28.6. The number of carboxylic acid groups (broad SMARTS) is 1. The predicted octanol–water partition coefficient (Wildman–Crippen LogP) is 1.59. The molecule has 6 heteroatoms. The van der Waals surface area contributed by atoms with Gasteiger partial charge in [0.1, 0.15) is 11.6 Å². The Balaban J connectivity index is 2.32. The molecule has 19 heavy (non-hydrogen) atoms. The van der Waals surface area contributed by atoms with Gasteiger partial charge >= 0.3 is 5.97 Å². The van der Waals surface area contributed by atoms with Crippen molar-refractivity contribution in [3.8, 4) is 11.4 Å². The molecule has 0 amide bonds. The van der Waals surface area contributed by atoms with Crippen LogP contribution in [0, 0.1) is 5.82 Å². The summed E-state index contributed by atoms with van der Waals surface area (Å²) in [6, 6.07) is 5.95. The minimum absolute atomic E-state index is 0.0925. The van der Waals surface area contributed by atoms with Gasteiger partial charge in [0, 0.05) is 18.2 Å². The summed E-state index contributed by atoms with van der Waals surface area (Å²) in [6.07, 6.45) is 1.22. The molecule has 2 rings (SSSR count). The van der Waals surface area contributed by atoms with Gasteiger partial charge in [-0.05, 0) is 18.6 Å². The third-order valence-corrected chi connectivity index (χ3v) is 2.61. The number of hydrogen-bond acceptors (Lipinski definition) is 3. The van der Waals surface area contributed by atoms with Crippen molar-refractivity contribution in [1.29, 1.82) is 0 Å². The first-order valence-corrected chi connectivity index (χ1v) is 5.63. The van der Waals surface area contributed by atoms with Crippen LogP contribution < -0.4 is 5.56 Å². The van der Waals surface area contributed by atoms with E-state index in [0.717, 1.165) is 0 Å². The molecule has 2 N–H and O–H groups in total. The molecule has 98 valence electrons. The number of nitrogens with zero attached hydrogens (tertiary/aromatic N) is 1. The van der Waals surface area contributed by atoms with E-state index < -0.39 is 17.3 Å². The van der Waals surface area contributed by atoms with Crippen LogP contribution in [0.3, 0.4) is 0 Å². The maximum Gasteiger partial charge on any atom is 0.303 e. The molecule has 0 saturated heterocycles. The first-order valence-electron chi connectivity index (χ1n) is 5.63. The number of hydrogen-bond donors (Lipinski definition) is 2. The van der Waals surface area contributed by atoms with Crippen molar-refractivity contribution in [2.75, 3.05) is 0 Å². The van der Waals surface area contributed by atoms with Crippen LogP contribution >= 0.6 is 0 Å². The Morgan fingerprint density at radius 3 is 2.74 bits per heavy atom. The number of carbonyl (C=O) groups is 1. The maximum atomic E-state index is 13.5. The summed E-state index contributed by atoms with van der Waals surface area (Å²) < 4.78 is 13.5. The topological polar surface area (TPSA) is 83.0 Å². The molecule has 1 aromatic heterocycles. The van der Waals surface area contributed by atoms with Crippen molar-refractivity contribution >= 4 is 5.97 Å². The number of benzene rings is 1. The predicted molar refractivity (Wildman–Crippen MR) is 66.2 cm³/mol. The second kappa shape index (κ2) is 5.43. The molecule has 0 spiro atoms. The fourth-order valence-corrected chi connectivity index (χ4v) is 1.63. The molecule has 0 saturated carbocycles. The number of rotatable bonds is 4. The number of aliphatic carboxylic acids is 1. The molecular weight excluding hydrogens is 251 g/mol. The van der Waals surface area contributed by atoms with E-state index in [1.165, 1.54) is 24.4 Å². The van der Waals surface area contributed by atoms with Crippen LogP contribution in [-0.2, 0) is 11.2 Å². The second-order valence-corrected chi connectivity index (χ2v) is 3.96. The van der Waals surface area contributed by atoms with Crippen LogP contribution in [0.1, 0.15) is 12.0 Å². The maximum absolute atomic E-state index is 13.5. The SMILES string of the molecule is O=C(O)CCc1cnc(-c2ccccc2F)[nH]c1=O. The molecule has 1 heterocycles. The lowest BCUT2D eigenvalue weighted by Crippen LogP contribution is -2.16. The first-order chi connectivity index (χ1) is 9.08. The van der Waals surface area contributed by atoms with Gasteiger partial charge in [-0.1, -0.05) is 12.1 Å². The Morgan fingerprint density at radius 2 is 2.11 bits per heavy atom. The zero-order valence-electron chi connectivity index (χ0n) is 9.89. The fourth-order valence-electron chi connectivity index (χ4n) is 1.63. The van der Waals surface area contributed by atoms with Gasteiger partial charge in [0.2, 0.25) is 0 Å². The lowest BCUT2D eigenvalue weighted by Gasteiger charge is -2.03. The number of aromatic nitrogens is 2. The number of aromatic amines is 1. The van der Waals surface area contributed by atoms with Gasteiger partial charge in [-0.15, -0.1) is 0 Å². The molecule has 0 bridgehead atoms. The summed E-state index contributed by atoms with van der Waals surface area (Å²) in [6.45, 7) is 0. The molecular formula is C13H11FN2O3. The van der Waals surface area contributed by atoms with E-state index in [1.54, 1.807) is 6.07 Å². The Bertz CT molecular complexity index is 667. The van der Waals surface area contributed by atoms with Gasteiger partial charge < -0.3 is 10.1 Å². The van der Waals surface area contributed by atoms with Crippen LogP contribution in [0.2, 0.25) is 0 Å². The van der Waals surface area contributed by atoms with Gasteiger partial charge in [0.05, 0.1) is 5.56 Å². The standard InChI is InChI=1S/C13H11FN2O3/c14-10-4-2-1-3-9(10)12-15-7-8(13(19)16-12)5-6-11(17)18/h1-4,7H,5-6H2,(H,17,18)(H,15,16,19). The van der Waals surface area contributed by atoms with E-state index in [-0.39, 0.29) is 29.8 Å². The number of halogens is 1. The molecule has 0 aliphatic rings. The molecule has 0 aliphatic carbocycles. The van der Waals surface area contributed by atoms with Gasteiger partial charge in [-0.2, -0.15) is 0 Å². The van der Waals surface area contributed by atoms with E-state index in [2.05, 4.69) is 9.97 Å². The Morgan fingerprint density at radius 1 is 1.37 bits per heavy atom. The van der Waals surface area contributed by atoms with Crippen molar-refractivity contribution in [2.45, 2.75) is 12.8 Å². The summed E-state index contributed by atoms with van der Waals surface area (Å²) in [7, 11) is 0. The third-order valence-electron chi connectivity index (χ3n) is 2.61. The minimum Gasteiger partial charge on any atom is -0.481 e. The highest BCUT2D eigenvalue weighted by Gasteiger charge is 2.09. The summed E-state index contributed by atoms with van der Waals surface area (Å²) in [5.74, 6) is -1.34. The molecule has 5 nitrogen and oxygen atoms in total. The summed E-state index contributed by atoms with van der Waals surface area (Å²) in [5.41, 5.74) is 0.0152. The lowest BCUT2D eigenvalue weighted by atomic mass is 10.1. The minimum atomic E-state index is -0.988. The second-order valence-electron chi connectivity index (χ2n) is 3.96. The molecule has 0 fully saturated rings. The van der Waals surface area contributed by atoms with Gasteiger partial charge in [-0.25, -0.2) is 9.37 Å². The average molecular weight is 262 g/mol. The van der Waals surface area contributed by atoms with E-state index in [9.17, 15) is 14.0 Å². The van der Waals surface area contributed by atoms with Crippen LogP contribution in [0.5, 0.6) is 0 Å². The average Bonchev–Trinajstić information content (AvgIpc) is 2.37. The Kier molecular flexibility index (Phi) is 3.70. The molecule has 0 unspecified atom stereocenters. The smallest absolute Gasteiger partial charge is 0.303 e. The summed E-state index contributed by atoms with van der Waals surface area (Å²) >= 11 is 0. The monoisotopic (exact) mass is 262 g/mol. The Hall–Kier alpha value is -2.50. The highest BCUT2D eigenvalue weighted by Crippen LogP contribution is 2.17. The molecule has 1 aromatic carbocycles. The molecule has 0 radical (unpaired) electrons. The van der Waals surface area contributed by atoms with Gasteiger partial charge in [-0.3, -0.25) is 9.59 Å². The quantitative estimate of drug-likeness (QED) is 0.876. The van der Waals surface area contributed by atoms with E-state index in [1.807, 2.05) is 0 Å². The Labute approximate surface area is 107 Å². The van der Waals surface area contributed by atoms with E-state index in [0.29, 0.717) is 0 Å². The lowest BCUT2D eigenvalue weighted by molar-refractivity contribution is -0.136. The number of aryl methyl sites for hydroxylation is 1. The first kappa shape index (κ1) is 12.9. The number of nitrogens with one attached hydrogen (secondary N) is 1. The van der Waals surface area contributed by atoms with E-state index in [4.69, 9.17) is 5.11 Å². The highest BCUT2D eigenvalue weighted by atomic mass is 19.1. The van der Waals surface area contributed by atoms with Crippen LogP contribution in [0.15, 0.2) is 35.3 Å². The molecule has 2 aromatic rings. The van der Waals surface area contributed by atoms with Gasteiger partial charge in [0.15, 0.2) is 0 Å². The van der Waals surface area contributed by atoms with Crippen LogP contribution in [0.25, 0.3) is 11.4 Å². The van der Waals surface area contributed by atoms with Crippen molar-refractivity contribution in [2.24, 2.45) is 0 Å². The normalized spacial score (nSPS) is 10.4. The van der Waals surface area contributed by atoms with E-state index >= 15 is 0 Å². The van der Waals surface area contributed by atoms with Gasteiger partial charge in [0.25, 0.3) is 5.56 Å². The van der Waals surface area contributed by atoms with Crippen molar-refractivity contribution in [1.82, 2.24) is 9.97 Å². The summed E-state index contributed by atoms with van der Waals surface area (Å²) in [5, 5.41) is 8.55. The highest BCUT2D eigenvalue weighted by molar-refractivity contribution is 5.67. The van der Waals surface area contributed by atoms with Crippen molar-refractivity contribution < 1.29 is 14.3 Å². The largest absolute Gasteiger partial charge is 0.481 e.